The molecule has 0 radical (unpaired) electrons. The van der Waals surface area contributed by atoms with Gasteiger partial charge in [0.25, 0.3) is 0 Å². The van der Waals surface area contributed by atoms with Gasteiger partial charge in [-0.05, 0) is 12.8 Å². The van der Waals surface area contributed by atoms with E-state index in [1.54, 1.807) is 0 Å². The molecule has 0 aliphatic heterocycles. The Morgan fingerprint density at radius 3 is 1.57 bits per heavy atom. The quantitative estimate of drug-likeness (QED) is 0.0563. The fourth-order valence-corrected chi connectivity index (χ4v) is 4.36. The zero-order valence-corrected chi connectivity index (χ0v) is 24.3. The van der Waals surface area contributed by atoms with Crippen molar-refractivity contribution in [3.8, 4) is 0 Å². The molecule has 7 N–H and O–H groups in total. The van der Waals surface area contributed by atoms with Crippen LogP contribution in [0, 0.1) is 0 Å². The third kappa shape index (κ3) is 20.1. The number of unbranched alkanes of at least 4 members (excludes halogenated alkanes) is 14. The van der Waals surface area contributed by atoms with Crippen LogP contribution in [0.3, 0.4) is 0 Å². The van der Waals surface area contributed by atoms with E-state index in [0.29, 0.717) is 6.42 Å². The number of carboxylic acids is 1. The predicted octanol–water partition coefficient (Wildman–Crippen LogP) is 2.58. The highest BCUT2D eigenvalue weighted by atomic mass is 16.5. The molecule has 0 aromatic heterocycles. The van der Waals surface area contributed by atoms with E-state index >= 15 is 0 Å². The molecule has 0 saturated carbocycles. The highest BCUT2D eigenvalue weighted by Gasteiger charge is 2.31. The highest BCUT2D eigenvalue weighted by molar-refractivity contribution is 5.84. The summed E-state index contributed by atoms with van der Waals surface area (Å²) in [6.45, 7) is 0.685. The largest absolute Gasteiger partial charge is 0.480 e. The first-order valence-corrected chi connectivity index (χ1v) is 15.1. The molecule has 5 atom stereocenters. The number of aliphatic hydroxyl groups is 5. The van der Waals surface area contributed by atoms with Gasteiger partial charge in [-0.25, -0.2) is 4.79 Å². The van der Waals surface area contributed by atoms with Gasteiger partial charge in [0.05, 0.1) is 6.61 Å². The van der Waals surface area contributed by atoms with Crippen LogP contribution in [0.25, 0.3) is 0 Å². The van der Waals surface area contributed by atoms with Crippen LogP contribution >= 0.6 is 0 Å². The number of aliphatic hydroxyl groups excluding tert-OH is 5. The first-order valence-electron chi connectivity index (χ1n) is 15.1. The Labute approximate surface area is 239 Å². The maximum atomic E-state index is 12.2. The van der Waals surface area contributed by atoms with E-state index in [9.17, 15) is 39.9 Å². The summed E-state index contributed by atoms with van der Waals surface area (Å²) in [7, 11) is 0. The Hall–Kier alpha value is -1.79. The maximum absolute atomic E-state index is 12.2. The average molecular weight is 578 g/mol. The van der Waals surface area contributed by atoms with Gasteiger partial charge in [0.2, 0.25) is 5.91 Å². The second kappa shape index (κ2) is 25.0. The van der Waals surface area contributed by atoms with Crippen molar-refractivity contribution >= 4 is 17.8 Å². The number of hydrogen-bond acceptors (Lipinski definition) is 9. The van der Waals surface area contributed by atoms with E-state index in [1.807, 2.05) is 0 Å². The van der Waals surface area contributed by atoms with E-state index in [2.05, 4.69) is 12.2 Å². The number of ether oxygens (including phenoxy) is 1. The summed E-state index contributed by atoms with van der Waals surface area (Å²) >= 11 is 0. The van der Waals surface area contributed by atoms with E-state index < -0.39 is 61.5 Å². The molecule has 0 aliphatic carbocycles. The molecule has 236 valence electrons. The van der Waals surface area contributed by atoms with E-state index in [4.69, 9.17) is 9.84 Å². The van der Waals surface area contributed by atoms with Gasteiger partial charge in [0.1, 0.15) is 37.1 Å². The molecule has 0 bridgehead atoms. The van der Waals surface area contributed by atoms with Crippen LogP contribution in [0.15, 0.2) is 0 Å². The molecule has 0 unspecified atom stereocenters. The van der Waals surface area contributed by atoms with Crippen molar-refractivity contribution in [1.29, 1.82) is 0 Å². The van der Waals surface area contributed by atoms with E-state index in [1.165, 1.54) is 70.6 Å². The predicted molar refractivity (Wildman–Crippen MR) is 150 cm³/mol. The molecule has 0 spiro atoms. The van der Waals surface area contributed by atoms with Crippen molar-refractivity contribution in [2.24, 2.45) is 0 Å². The second-order valence-electron chi connectivity index (χ2n) is 10.7. The molecule has 11 nitrogen and oxygen atoms in total. The SMILES string of the molecule is CCCCCCCCCCCCCCCCCC(=O)N[C@@H](CCC(=O)OC[C@H](O)[C@@H](O)[C@H](O)[C@H](O)CO)C(=O)O. The van der Waals surface area contributed by atoms with Crippen molar-refractivity contribution in [2.75, 3.05) is 13.2 Å². The van der Waals surface area contributed by atoms with Gasteiger partial charge in [-0.2, -0.15) is 0 Å². The van der Waals surface area contributed by atoms with Crippen LogP contribution < -0.4 is 5.32 Å². The van der Waals surface area contributed by atoms with Crippen molar-refractivity contribution in [2.45, 2.75) is 153 Å². The summed E-state index contributed by atoms with van der Waals surface area (Å²) in [6, 6.07) is -1.27. The zero-order chi connectivity index (χ0) is 30.2. The first kappa shape index (κ1) is 38.2. The third-order valence-corrected chi connectivity index (χ3v) is 7.02. The fourth-order valence-electron chi connectivity index (χ4n) is 4.36. The molecule has 0 aromatic carbocycles. The van der Waals surface area contributed by atoms with Gasteiger partial charge >= 0.3 is 11.9 Å². The molecular weight excluding hydrogens is 522 g/mol. The number of nitrogens with one attached hydrogen (secondary N) is 1. The van der Waals surface area contributed by atoms with Crippen molar-refractivity contribution in [3.05, 3.63) is 0 Å². The summed E-state index contributed by atoms with van der Waals surface area (Å²) in [5.74, 6) is -2.55. The number of rotatable bonds is 27. The van der Waals surface area contributed by atoms with Crippen LogP contribution in [0.4, 0.5) is 0 Å². The average Bonchev–Trinajstić information content (AvgIpc) is 2.94. The molecule has 11 heteroatoms. The molecule has 0 heterocycles. The van der Waals surface area contributed by atoms with Crippen LogP contribution in [0.2, 0.25) is 0 Å². The Morgan fingerprint density at radius 2 is 1.12 bits per heavy atom. The van der Waals surface area contributed by atoms with Crippen LogP contribution in [0.5, 0.6) is 0 Å². The van der Waals surface area contributed by atoms with Gasteiger partial charge in [-0.3, -0.25) is 9.59 Å². The maximum Gasteiger partial charge on any atom is 0.326 e. The Kier molecular flexibility index (Phi) is 23.8. The van der Waals surface area contributed by atoms with Gasteiger partial charge < -0.3 is 40.7 Å². The van der Waals surface area contributed by atoms with Crippen molar-refractivity contribution in [3.63, 3.8) is 0 Å². The lowest BCUT2D eigenvalue weighted by atomic mass is 10.0. The minimum absolute atomic E-state index is 0.207. The zero-order valence-electron chi connectivity index (χ0n) is 24.3. The standard InChI is InChI=1S/C29H55NO10/c1-2-3-4-5-6-7-8-9-10-11-12-13-14-15-16-17-25(34)30-22(29(38)39)18-19-26(35)40-21-24(33)28(37)27(36)23(32)20-31/h22-24,27-28,31-33,36-37H,2-21H2,1H3,(H,30,34)(H,38,39)/t22-,23+,24-,27+,28+/m0/s1. The molecule has 0 saturated heterocycles. The van der Waals surface area contributed by atoms with Crippen LogP contribution in [-0.2, 0) is 19.1 Å². The van der Waals surface area contributed by atoms with Gasteiger partial charge in [-0.1, -0.05) is 96.8 Å². The number of carboxylic acid groups (broad SMARTS) is 1. The van der Waals surface area contributed by atoms with Gasteiger partial charge in [0, 0.05) is 12.8 Å². The normalized spacial score (nSPS) is 15.2. The Bertz CT molecular complexity index is 663. The molecule has 0 aliphatic rings. The second-order valence-corrected chi connectivity index (χ2v) is 10.7. The summed E-state index contributed by atoms with van der Waals surface area (Å²) in [4.78, 5) is 35.5. The number of carbonyl (C=O) groups excluding carboxylic acids is 2. The van der Waals surface area contributed by atoms with Crippen molar-refractivity contribution in [1.82, 2.24) is 5.32 Å². The Morgan fingerprint density at radius 1 is 0.675 bits per heavy atom. The number of esters is 1. The summed E-state index contributed by atoms with van der Waals surface area (Å²) in [5, 5.41) is 58.9. The topological polar surface area (TPSA) is 194 Å². The number of aliphatic carboxylic acids is 1. The molecule has 40 heavy (non-hydrogen) atoms. The molecule has 0 aromatic rings. The van der Waals surface area contributed by atoms with E-state index in [0.717, 1.165) is 19.3 Å². The van der Waals surface area contributed by atoms with Gasteiger partial charge in [-0.15, -0.1) is 0 Å². The minimum atomic E-state index is -1.87. The molecule has 1 amide bonds. The lowest BCUT2D eigenvalue weighted by molar-refractivity contribution is -0.156. The lowest BCUT2D eigenvalue weighted by Gasteiger charge is -2.25. The molecule has 0 fully saturated rings. The fraction of sp³-hybridized carbons (Fsp3) is 0.897. The van der Waals surface area contributed by atoms with Crippen LogP contribution in [-0.4, -0.2) is 92.2 Å². The summed E-state index contributed by atoms with van der Waals surface area (Å²) < 4.78 is 4.77. The monoisotopic (exact) mass is 577 g/mol. The summed E-state index contributed by atoms with van der Waals surface area (Å²) in [5.41, 5.74) is 0. The Balaban J connectivity index is 3.93. The highest BCUT2D eigenvalue weighted by Crippen LogP contribution is 2.14. The number of carbonyl (C=O) groups is 3. The van der Waals surface area contributed by atoms with Crippen molar-refractivity contribution < 1.29 is 49.8 Å². The lowest BCUT2D eigenvalue weighted by Crippen LogP contribution is -2.47. The molecule has 0 rings (SSSR count). The number of hydrogen-bond donors (Lipinski definition) is 7. The van der Waals surface area contributed by atoms with Crippen LogP contribution in [0.1, 0.15) is 122 Å². The smallest absolute Gasteiger partial charge is 0.326 e. The minimum Gasteiger partial charge on any atom is -0.480 e. The van der Waals surface area contributed by atoms with Gasteiger partial charge in [0.15, 0.2) is 0 Å². The number of amides is 1. The summed E-state index contributed by atoms with van der Waals surface area (Å²) in [6.07, 6.45) is 10.6. The first-order chi connectivity index (χ1) is 19.1. The molecular formula is C29H55NO10. The van der Waals surface area contributed by atoms with E-state index in [-0.39, 0.29) is 19.3 Å². The third-order valence-electron chi connectivity index (χ3n) is 7.02.